The molecule has 0 fully saturated rings. The van der Waals surface area contributed by atoms with E-state index in [0.29, 0.717) is 5.56 Å². The Morgan fingerprint density at radius 1 is 1.39 bits per heavy atom. The number of amides is 1. The fraction of sp³-hybridized carbons (Fsp3) is 0.308. The fourth-order valence-corrected chi connectivity index (χ4v) is 1.48. The first-order chi connectivity index (χ1) is 8.34. The number of carbonyl (C=O) groups excluding carboxylic acids is 1. The average Bonchev–Trinajstić information content (AvgIpc) is 2.28. The highest BCUT2D eigenvalue weighted by Crippen LogP contribution is 2.30. The molecule has 0 unspecified atom stereocenters. The molecule has 1 rings (SSSR count). The summed E-state index contributed by atoms with van der Waals surface area (Å²) in [5.41, 5.74) is -0.296. The zero-order valence-corrected chi connectivity index (χ0v) is 10.1. The maximum atomic E-state index is 12.5. The van der Waals surface area contributed by atoms with Crippen LogP contribution in [0.3, 0.4) is 0 Å². The highest BCUT2D eigenvalue weighted by molar-refractivity contribution is 5.87. The van der Waals surface area contributed by atoms with Gasteiger partial charge in [0, 0.05) is 0 Å². The van der Waals surface area contributed by atoms with Crippen LogP contribution < -0.4 is 5.32 Å². The van der Waals surface area contributed by atoms with E-state index in [-0.39, 0.29) is 5.91 Å². The van der Waals surface area contributed by atoms with Crippen molar-refractivity contribution in [2.24, 2.45) is 0 Å². The minimum Gasteiger partial charge on any atom is -0.346 e. The Balaban J connectivity index is 2.87. The van der Waals surface area contributed by atoms with E-state index >= 15 is 0 Å². The number of nitrogens with one attached hydrogen (secondary N) is 1. The Morgan fingerprint density at radius 2 is 2.06 bits per heavy atom. The predicted molar refractivity (Wildman–Crippen MR) is 62.8 cm³/mol. The third kappa shape index (κ3) is 3.91. The second-order valence-corrected chi connectivity index (χ2v) is 3.85. The lowest BCUT2D eigenvalue weighted by Crippen LogP contribution is -2.24. The van der Waals surface area contributed by atoms with Crippen molar-refractivity contribution in [3.63, 3.8) is 0 Å². The number of allylic oxidation sites excluding steroid dienone is 1. The average molecular weight is 257 g/mol. The number of hydrogen-bond acceptors (Lipinski definition) is 1. The van der Waals surface area contributed by atoms with Crippen LogP contribution in [0.25, 0.3) is 0 Å². The number of hydrogen-bond donors (Lipinski definition) is 1. The van der Waals surface area contributed by atoms with E-state index < -0.39 is 17.8 Å². The van der Waals surface area contributed by atoms with Gasteiger partial charge in [-0.05, 0) is 37.6 Å². The summed E-state index contributed by atoms with van der Waals surface area (Å²) in [6.45, 7) is 3.32. The fourth-order valence-electron chi connectivity index (χ4n) is 1.48. The van der Waals surface area contributed by atoms with Crippen molar-refractivity contribution in [1.29, 1.82) is 0 Å². The number of halogens is 3. The lowest BCUT2D eigenvalue weighted by atomic mass is 10.0. The lowest BCUT2D eigenvalue weighted by Gasteiger charge is -2.15. The molecule has 0 heterocycles. The van der Waals surface area contributed by atoms with Gasteiger partial charge in [-0.25, -0.2) is 0 Å². The summed E-state index contributed by atoms with van der Waals surface area (Å²) < 4.78 is 37.5. The maximum absolute atomic E-state index is 12.5. The molecule has 1 aromatic rings. The van der Waals surface area contributed by atoms with Gasteiger partial charge in [-0.3, -0.25) is 4.79 Å². The topological polar surface area (TPSA) is 29.1 Å². The summed E-state index contributed by atoms with van der Waals surface area (Å²) in [4.78, 5) is 11.3. The standard InChI is InChI=1S/C13H14F3NO/c1-3-5-12(18)17-9(2)10-6-4-7-11(8-10)13(14,15)16/h3-9H,1-2H3,(H,17,18)/b5-3-/t9-/m1/s1. The molecule has 0 saturated heterocycles. The Kier molecular flexibility index (Phi) is 4.53. The summed E-state index contributed by atoms with van der Waals surface area (Å²) in [5.74, 6) is -0.331. The molecule has 18 heavy (non-hydrogen) atoms. The van der Waals surface area contributed by atoms with Crippen molar-refractivity contribution in [2.75, 3.05) is 0 Å². The van der Waals surface area contributed by atoms with Crippen molar-refractivity contribution < 1.29 is 18.0 Å². The molecule has 0 aliphatic carbocycles. The smallest absolute Gasteiger partial charge is 0.346 e. The zero-order valence-electron chi connectivity index (χ0n) is 10.1. The Labute approximate surface area is 104 Å². The molecule has 1 N–H and O–H groups in total. The zero-order chi connectivity index (χ0) is 13.8. The number of alkyl halides is 3. The molecule has 1 atom stereocenters. The molecular formula is C13H14F3NO. The van der Waals surface area contributed by atoms with Crippen LogP contribution in [0.5, 0.6) is 0 Å². The van der Waals surface area contributed by atoms with Crippen LogP contribution in [0.4, 0.5) is 13.2 Å². The second-order valence-electron chi connectivity index (χ2n) is 3.85. The van der Waals surface area contributed by atoms with E-state index in [2.05, 4.69) is 5.32 Å². The molecule has 0 saturated carbocycles. The van der Waals surface area contributed by atoms with Crippen LogP contribution in [0.1, 0.15) is 31.0 Å². The van der Waals surface area contributed by atoms with Gasteiger partial charge in [0.15, 0.2) is 0 Å². The highest BCUT2D eigenvalue weighted by atomic mass is 19.4. The van der Waals surface area contributed by atoms with Crippen molar-refractivity contribution in [3.8, 4) is 0 Å². The number of rotatable bonds is 3. The molecule has 2 nitrogen and oxygen atoms in total. The molecule has 98 valence electrons. The molecule has 0 radical (unpaired) electrons. The van der Waals surface area contributed by atoms with Crippen LogP contribution >= 0.6 is 0 Å². The van der Waals surface area contributed by atoms with E-state index in [1.807, 2.05) is 0 Å². The van der Waals surface area contributed by atoms with E-state index in [4.69, 9.17) is 0 Å². The van der Waals surface area contributed by atoms with Crippen LogP contribution in [-0.2, 0) is 11.0 Å². The molecule has 0 spiro atoms. The van der Waals surface area contributed by atoms with Gasteiger partial charge >= 0.3 is 6.18 Å². The van der Waals surface area contributed by atoms with Gasteiger partial charge in [0.1, 0.15) is 0 Å². The Hall–Kier alpha value is -1.78. The van der Waals surface area contributed by atoms with E-state index in [0.717, 1.165) is 12.1 Å². The van der Waals surface area contributed by atoms with Gasteiger partial charge in [-0.1, -0.05) is 18.2 Å². The van der Waals surface area contributed by atoms with Crippen molar-refractivity contribution in [3.05, 3.63) is 47.5 Å². The summed E-state index contributed by atoms with van der Waals surface area (Å²) >= 11 is 0. The van der Waals surface area contributed by atoms with Gasteiger partial charge < -0.3 is 5.32 Å². The van der Waals surface area contributed by atoms with Crippen LogP contribution in [0.15, 0.2) is 36.4 Å². The molecule has 5 heteroatoms. The first-order valence-corrected chi connectivity index (χ1v) is 5.45. The summed E-state index contributed by atoms with van der Waals surface area (Å²) in [6.07, 6.45) is -1.48. The maximum Gasteiger partial charge on any atom is 0.416 e. The Bertz CT molecular complexity index is 452. The third-order valence-corrected chi connectivity index (χ3v) is 2.39. The monoisotopic (exact) mass is 257 g/mol. The number of carbonyl (C=O) groups is 1. The van der Waals surface area contributed by atoms with E-state index in [1.165, 1.54) is 12.1 Å². The summed E-state index contributed by atoms with van der Waals surface area (Å²) in [5, 5.41) is 2.58. The van der Waals surface area contributed by atoms with Crippen molar-refractivity contribution >= 4 is 5.91 Å². The first-order valence-electron chi connectivity index (χ1n) is 5.45. The minimum atomic E-state index is -4.37. The van der Waals surface area contributed by atoms with E-state index in [9.17, 15) is 18.0 Å². The second kappa shape index (κ2) is 5.71. The first kappa shape index (κ1) is 14.3. The quantitative estimate of drug-likeness (QED) is 0.825. The largest absolute Gasteiger partial charge is 0.416 e. The molecule has 0 aliphatic heterocycles. The van der Waals surface area contributed by atoms with Gasteiger partial charge in [0.2, 0.25) is 5.91 Å². The molecule has 1 amide bonds. The minimum absolute atomic E-state index is 0.331. The van der Waals surface area contributed by atoms with Crippen LogP contribution in [0.2, 0.25) is 0 Å². The molecule has 0 aromatic heterocycles. The van der Waals surface area contributed by atoms with Gasteiger partial charge in [-0.2, -0.15) is 13.2 Å². The van der Waals surface area contributed by atoms with Crippen molar-refractivity contribution in [2.45, 2.75) is 26.1 Å². The molecular weight excluding hydrogens is 243 g/mol. The molecule has 1 aromatic carbocycles. The molecule has 0 bridgehead atoms. The highest BCUT2D eigenvalue weighted by Gasteiger charge is 2.30. The van der Waals surface area contributed by atoms with Crippen molar-refractivity contribution in [1.82, 2.24) is 5.32 Å². The third-order valence-electron chi connectivity index (χ3n) is 2.39. The molecule has 0 aliphatic rings. The van der Waals surface area contributed by atoms with Gasteiger partial charge in [-0.15, -0.1) is 0 Å². The predicted octanol–water partition coefficient (Wildman–Crippen LogP) is 3.46. The summed E-state index contributed by atoms with van der Waals surface area (Å²) in [7, 11) is 0. The van der Waals surface area contributed by atoms with Crippen LogP contribution in [-0.4, -0.2) is 5.91 Å². The number of benzene rings is 1. The lowest BCUT2D eigenvalue weighted by molar-refractivity contribution is -0.137. The van der Waals surface area contributed by atoms with E-state index in [1.54, 1.807) is 26.0 Å². The normalized spacial score (nSPS) is 13.6. The van der Waals surface area contributed by atoms with Crippen LogP contribution in [0, 0.1) is 0 Å². The SMILES string of the molecule is C/C=C\C(=O)N[C@H](C)c1cccc(C(F)(F)F)c1. The summed E-state index contributed by atoms with van der Waals surface area (Å²) in [6, 6.07) is 4.45. The Morgan fingerprint density at radius 3 is 2.61 bits per heavy atom. The van der Waals surface area contributed by atoms with Gasteiger partial charge in [0.05, 0.1) is 11.6 Å². The van der Waals surface area contributed by atoms with Gasteiger partial charge in [0.25, 0.3) is 0 Å².